The number of likely N-dealkylation sites (N-methyl/N-ethyl adjacent to an activating group) is 1. The first-order chi connectivity index (χ1) is 15.4. The number of anilines is 2. The number of amides is 1. The van der Waals surface area contributed by atoms with Gasteiger partial charge in [-0.3, -0.25) is 10.1 Å². The minimum absolute atomic E-state index is 0.232. The van der Waals surface area contributed by atoms with E-state index in [0.717, 1.165) is 49.7 Å². The van der Waals surface area contributed by atoms with Crippen LogP contribution in [0.4, 0.5) is 11.4 Å². The van der Waals surface area contributed by atoms with Crippen LogP contribution in [0.5, 0.6) is 0 Å². The van der Waals surface area contributed by atoms with Gasteiger partial charge in [0.05, 0.1) is 10.7 Å². The predicted octanol–water partition coefficient (Wildman–Crippen LogP) is 5.13. The number of halogens is 1. The van der Waals surface area contributed by atoms with Crippen LogP contribution >= 0.6 is 23.8 Å². The summed E-state index contributed by atoms with van der Waals surface area (Å²) in [6.07, 6.45) is 3.25. The van der Waals surface area contributed by atoms with Gasteiger partial charge in [-0.25, -0.2) is 0 Å². The Morgan fingerprint density at radius 2 is 1.81 bits per heavy atom. The Hall–Kier alpha value is -2.41. The van der Waals surface area contributed by atoms with Crippen molar-refractivity contribution in [3.63, 3.8) is 0 Å². The van der Waals surface area contributed by atoms with Crippen molar-refractivity contribution in [1.82, 2.24) is 10.2 Å². The van der Waals surface area contributed by atoms with Gasteiger partial charge in [0.25, 0.3) is 0 Å². The first-order valence-corrected chi connectivity index (χ1v) is 11.8. The highest BCUT2D eigenvalue weighted by Gasteiger charge is 2.18. The molecule has 1 saturated heterocycles. The zero-order valence-corrected chi connectivity index (χ0v) is 20.5. The van der Waals surface area contributed by atoms with Crippen LogP contribution in [0.25, 0.3) is 6.08 Å². The van der Waals surface area contributed by atoms with Crippen molar-refractivity contribution in [2.45, 2.75) is 26.7 Å². The molecule has 2 N–H and O–H groups in total. The van der Waals surface area contributed by atoms with E-state index in [1.165, 1.54) is 11.6 Å². The van der Waals surface area contributed by atoms with E-state index in [9.17, 15) is 4.79 Å². The van der Waals surface area contributed by atoms with Crippen LogP contribution in [0.2, 0.25) is 5.02 Å². The van der Waals surface area contributed by atoms with E-state index < -0.39 is 0 Å². The third-order valence-corrected chi connectivity index (χ3v) is 6.14. The van der Waals surface area contributed by atoms with E-state index in [0.29, 0.717) is 10.9 Å². The molecule has 0 aromatic heterocycles. The van der Waals surface area contributed by atoms with Gasteiger partial charge >= 0.3 is 0 Å². The highest BCUT2D eigenvalue weighted by Crippen LogP contribution is 2.29. The van der Waals surface area contributed by atoms with E-state index in [4.69, 9.17) is 23.8 Å². The number of piperazine rings is 1. The molecule has 0 radical (unpaired) electrons. The molecule has 2 aromatic rings. The van der Waals surface area contributed by atoms with Crippen LogP contribution in [-0.2, 0) is 4.79 Å². The van der Waals surface area contributed by atoms with Gasteiger partial charge in [-0.1, -0.05) is 56.6 Å². The first kappa shape index (κ1) is 24.2. The highest BCUT2D eigenvalue weighted by atomic mass is 35.5. The Balaban J connectivity index is 1.52. The van der Waals surface area contributed by atoms with Crippen molar-refractivity contribution >= 4 is 52.3 Å². The molecule has 0 saturated carbocycles. The number of nitrogens with zero attached hydrogens (tertiary/aromatic N) is 2. The second-order valence-corrected chi connectivity index (χ2v) is 9.00. The van der Waals surface area contributed by atoms with Crippen molar-refractivity contribution in [2.24, 2.45) is 0 Å². The van der Waals surface area contributed by atoms with Gasteiger partial charge in [0.1, 0.15) is 0 Å². The maximum Gasteiger partial charge on any atom is 0.250 e. The SMILES string of the molecule is CCN1CCN(c2ccc(NC(=S)NC(=O)/C=C/c3ccc(C(C)C)cc3)cc2Cl)CC1. The summed E-state index contributed by atoms with van der Waals surface area (Å²) in [4.78, 5) is 16.9. The lowest BCUT2D eigenvalue weighted by Crippen LogP contribution is -2.46. The number of carbonyl (C=O) groups excluding carboxylic acids is 1. The first-order valence-electron chi connectivity index (χ1n) is 11.0. The largest absolute Gasteiger partial charge is 0.368 e. The number of thiocarbonyl (C=S) groups is 1. The molecule has 3 rings (SSSR count). The number of rotatable bonds is 6. The van der Waals surface area contributed by atoms with Crippen molar-refractivity contribution in [2.75, 3.05) is 42.9 Å². The number of benzene rings is 2. The number of hydrogen-bond donors (Lipinski definition) is 2. The Kier molecular flexibility index (Phi) is 8.67. The van der Waals surface area contributed by atoms with E-state index in [2.05, 4.69) is 53.3 Å². The molecule has 170 valence electrons. The average Bonchev–Trinajstić information content (AvgIpc) is 2.78. The Bertz CT molecular complexity index is 966. The molecule has 0 unspecified atom stereocenters. The Morgan fingerprint density at radius 3 is 2.41 bits per heavy atom. The molecule has 2 aromatic carbocycles. The van der Waals surface area contributed by atoms with Gasteiger partial charge in [-0.2, -0.15) is 0 Å². The molecule has 0 bridgehead atoms. The van der Waals surface area contributed by atoms with E-state index in [-0.39, 0.29) is 11.0 Å². The van der Waals surface area contributed by atoms with E-state index >= 15 is 0 Å². The fourth-order valence-electron chi connectivity index (χ4n) is 3.63. The Labute approximate surface area is 201 Å². The molecule has 0 spiro atoms. The fourth-order valence-corrected chi connectivity index (χ4v) is 4.14. The third kappa shape index (κ3) is 6.79. The van der Waals surface area contributed by atoms with Crippen LogP contribution in [0.15, 0.2) is 48.5 Å². The van der Waals surface area contributed by atoms with Crippen LogP contribution in [0.1, 0.15) is 37.8 Å². The summed E-state index contributed by atoms with van der Waals surface area (Å²) in [5, 5.41) is 6.60. The molecule has 1 aliphatic rings. The molecule has 5 nitrogen and oxygen atoms in total. The summed E-state index contributed by atoms with van der Waals surface area (Å²) in [7, 11) is 0. The summed E-state index contributed by atoms with van der Waals surface area (Å²) in [6, 6.07) is 13.9. The molecule has 0 aliphatic carbocycles. The Morgan fingerprint density at radius 1 is 1.12 bits per heavy atom. The lowest BCUT2D eigenvalue weighted by atomic mass is 10.0. The fraction of sp³-hybridized carbons (Fsp3) is 0.360. The number of hydrogen-bond acceptors (Lipinski definition) is 4. The second kappa shape index (κ2) is 11.5. The van der Waals surface area contributed by atoms with Crippen LogP contribution in [-0.4, -0.2) is 48.6 Å². The van der Waals surface area contributed by atoms with Crippen molar-refractivity contribution in [3.05, 3.63) is 64.7 Å². The maximum atomic E-state index is 12.2. The molecule has 1 aliphatic heterocycles. The van der Waals surface area contributed by atoms with Crippen LogP contribution in [0.3, 0.4) is 0 Å². The van der Waals surface area contributed by atoms with Crippen LogP contribution in [0, 0.1) is 0 Å². The summed E-state index contributed by atoms with van der Waals surface area (Å²) < 4.78 is 0. The number of nitrogens with one attached hydrogen (secondary N) is 2. The summed E-state index contributed by atoms with van der Waals surface area (Å²) in [5.74, 6) is 0.195. The maximum absolute atomic E-state index is 12.2. The van der Waals surface area contributed by atoms with Crippen molar-refractivity contribution < 1.29 is 4.79 Å². The van der Waals surface area contributed by atoms with Gasteiger partial charge in [0.15, 0.2) is 5.11 Å². The minimum Gasteiger partial charge on any atom is -0.368 e. The molecular weight excluding hydrogens is 440 g/mol. The molecule has 32 heavy (non-hydrogen) atoms. The van der Waals surface area contributed by atoms with Crippen molar-refractivity contribution in [1.29, 1.82) is 0 Å². The zero-order valence-electron chi connectivity index (χ0n) is 18.9. The van der Waals surface area contributed by atoms with Crippen molar-refractivity contribution in [3.8, 4) is 0 Å². The summed E-state index contributed by atoms with van der Waals surface area (Å²) in [5.41, 5.74) is 3.99. The molecule has 1 fully saturated rings. The van der Waals surface area contributed by atoms with Gasteiger partial charge in [-0.05, 0) is 60.1 Å². The molecule has 1 heterocycles. The van der Waals surface area contributed by atoms with Gasteiger partial charge < -0.3 is 15.1 Å². The lowest BCUT2D eigenvalue weighted by Gasteiger charge is -2.36. The van der Waals surface area contributed by atoms with Gasteiger partial charge in [0, 0.05) is 37.9 Å². The van der Waals surface area contributed by atoms with Gasteiger partial charge in [-0.15, -0.1) is 0 Å². The molecule has 1 amide bonds. The number of carbonyl (C=O) groups is 1. The quantitative estimate of drug-likeness (QED) is 0.452. The second-order valence-electron chi connectivity index (χ2n) is 8.19. The van der Waals surface area contributed by atoms with Gasteiger partial charge in [0.2, 0.25) is 5.91 Å². The summed E-state index contributed by atoms with van der Waals surface area (Å²) in [6.45, 7) is 11.6. The normalized spacial score (nSPS) is 14.7. The smallest absolute Gasteiger partial charge is 0.250 e. The summed E-state index contributed by atoms with van der Waals surface area (Å²) >= 11 is 11.8. The zero-order chi connectivity index (χ0) is 23.1. The highest BCUT2D eigenvalue weighted by molar-refractivity contribution is 7.80. The van der Waals surface area contributed by atoms with E-state index in [1.807, 2.05) is 30.3 Å². The van der Waals surface area contributed by atoms with Crippen LogP contribution < -0.4 is 15.5 Å². The van der Waals surface area contributed by atoms with E-state index in [1.54, 1.807) is 6.08 Å². The third-order valence-electron chi connectivity index (χ3n) is 5.63. The molecule has 0 atom stereocenters. The molecular formula is C25H31ClN4OS. The predicted molar refractivity (Wildman–Crippen MR) is 140 cm³/mol. The lowest BCUT2D eigenvalue weighted by molar-refractivity contribution is -0.115. The average molecular weight is 471 g/mol. The standard InChI is InChI=1S/C25H31ClN4OS/c1-4-29-13-15-30(16-14-29)23-11-10-21(17-22(23)26)27-25(32)28-24(31)12-7-19-5-8-20(9-6-19)18(2)3/h5-12,17-18H,4,13-16H2,1-3H3,(H2,27,28,31,32)/b12-7+. The monoisotopic (exact) mass is 470 g/mol. The topological polar surface area (TPSA) is 47.6 Å². The minimum atomic E-state index is -0.285. The molecule has 7 heteroatoms.